The van der Waals surface area contributed by atoms with Crippen molar-refractivity contribution in [2.24, 2.45) is 0 Å². The van der Waals surface area contributed by atoms with Crippen LogP contribution in [0.5, 0.6) is 5.75 Å². The van der Waals surface area contributed by atoms with E-state index in [9.17, 15) is 0 Å². The van der Waals surface area contributed by atoms with Crippen molar-refractivity contribution >= 4 is 23.3 Å². The normalized spacial score (nSPS) is 10.8. The summed E-state index contributed by atoms with van der Waals surface area (Å²) in [5.74, 6) is 1.14. The van der Waals surface area contributed by atoms with E-state index in [-0.39, 0.29) is 0 Å². The van der Waals surface area contributed by atoms with Crippen molar-refractivity contribution in [2.75, 3.05) is 12.4 Å². The van der Waals surface area contributed by atoms with E-state index in [4.69, 9.17) is 20.8 Å². The molecule has 0 amide bonds. The number of halogens is 1. The highest BCUT2D eigenvalue weighted by Crippen LogP contribution is 2.28. The molecule has 6 nitrogen and oxygen atoms in total. The molecule has 2 N–H and O–H groups in total. The van der Waals surface area contributed by atoms with E-state index >= 15 is 0 Å². The van der Waals surface area contributed by atoms with Gasteiger partial charge in [-0.25, -0.2) is 0 Å². The van der Waals surface area contributed by atoms with Crippen LogP contribution in [0, 0.1) is 0 Å². The third-order valence-corrected chi connectivity index (χ3v) is 2.83. The Balaban J connectivity index is 2.01. The van der Waals surface area contributed by atoms with Gasteiger partial charge in [-0.15, -0.1) is 5.10 Å². The fourth-order valence-electron chi connectivity index (χ4n) is 1.53. The van der Waals surface area contributed by atoms with Gasteiger partial charge in [0.05, 0.1) is 18.7 Å². The van der Waals surface area contributed by atoms with Gasteiger partial charge in [-0.2, -0.15) is 0 Å². The maximum absolute atomic E-state index is 6.04. The standard InChI is InChI=1S/C13H17ClN4O2/c1-8(2)15-7-12-17-18-13(20-12)16-9-4-5-11(19-3)10(14)6-9/h4-6,8,15H,7H2,1-3H3,(H,16,18). The van der Waals surface area contributed by atoms with E-state index in [1.807, 2.05) is 6.07 Å². The molecule has 1 aromatic heterocycles. The lowest BCUT2D eigenvalue weighted by Gasteiger charge is -2.06. The Kier molecular flexibility index (Phi) is 4.81. The van der Waals surface area contributed by atoms with E-state index in [1.165, 1.54) is 0 Å². The molecule has 2 rings (SSSR count). The number of hydrogen-bond acceptors (Lipinski definition) is 6. The summed E-state index contributed by atoms with van der Waals surface area (Å²) in [5.41, 5.74) is 0.753. The van der Waals surface area contributed by atoms with E-state index in [1.54, 1.807) is 19.2 Å². The summed E-state index contributed by atoms with van der Waals surface area (Å²) in [7, 11) is 1.57. The second kappa shape index (κ2) is 6.58. The minimum atomic E-state index is 0.326. The van der Waals surface area contributed by atoms with E-state index in [0.29, 0.717) is 35.3 Å². The molecule has 0 aliphatic carbocycles. The van der Waals surface area contributed by atoms with Gasteiger partial charge in [-0.3, -0.25) is 0 Å². The number of rotatable bonds is 6. The SMILES string of the molecule is COc1ccc(Nc2nnc(CNC(C)C)o2)cc1Cl. The molecule has 0 atom stereocenters. The van der Waals surface area contributed by atoms with Gasteiger partial charge in [-0.05, 0) is 18.2 Å². The number of nitrogens with one attached hydrogen (secondary N) is 2. The lowest BCUT2D eigenvalue weighted by Crippen LogP contribution is -2.21. The molecule has 108 valence electrons. The van der Waals surface area contributed by atoms with Gasteiger partial charge in [0.25, 0.3) is 0 Å². The number of benzene rings is 1. The summed E-state index contributed by atoms with van der Waals surface area (Å²) in [4.78, 5) is 0. The maximum Gasteiger partial charge on any atom is 0.320 e. The largest absolute Gasteiger partial charge is 0.495 e. The Hall–Kier alpha value is -1.79. The topological polar surface area (TPSA) is 72.2 Å². The van der Waals surface area contributed by atoms with Gasteiger partial charge in [-0.1, -0.05) is 30.5 Å². The molecule has 20 heavy (non-hydrogen) atoms. The van der Waals surface area contributed by atoms with Crippen LogP contribution in [0.3, 0.4) is 0 Å². The number of nitrogens with zero attached hydrogens (tertiary/aromatic N) is 2. The number of aromatic nitrogens is 2. The highest BCUT2D eigenvalue weighted by molar-refractivity contribution is 6.32. The predicted molar refractivity (Wildman–Crippen MR) is 77.6 cm³/mol. The van der Waals surface area contributed by atoms with Crippen molar-refractivity contribution in [3.63, 3.8) is 0 Å². The first-order valence-corrected chi connectivity index (χ1v) is 6.62. The summed E-state index contributed by atoms with van der Waals surface area (Å²) < 4.78 is 10.6. The van der Waals surface area contributed by atoms with Crippen LogP contribution in [0.15, 0.2) is 22.6 Å². The smallest absolute Gasteiger partial charge is 0.320 e. The summed E-state index contributed by atoms with van der Waals surface area (Å²) in [6.07, 6.45) is 0. The van der Waals surface area contributed by atoms with Gasteiger partial charge in [0.1, 0.15) is 5.75 Å². The number of hydrogen-bond donors (Lipinski definition) is 2. The highest BCUT2D eigenvalue weighted by atomic mass is 35.5. The highest BCUT2D eigenvalue weighted by Gasteiger charge is 2.08. The van der Waals surface area contributed by atoms with Crippen LogP contribution in [-0.2, 0) is 6.54 Å². The molecule has 0 saturated heterocycles. The van der Waals surface area contributed by atoms with Crippen LogP contribution < -0.4 is 15.4 Å². The second-order valence-corrected chi connectivity index (χ2v) is 4.92. The van der Waals surface area contributed by atoms with Crippen molar-refractivity contribution in [1.82, 2.24) is 15.5 Å². The summed E-state index contributed by atoms with van der Waals surface area (Å²) >= 11 is 6.04. The fourth-order valence-corrected chi connectivity index (χ4v) is 1.79. The van der Waals surface area contributed by atoms with Crippen molar-refractivity contribution in [2.45, 2.75) is 26.4 Å². The third-order valence-electron chi connectivity index (χ3n) is 2.53. The second-order valence-electron chi connectivity index (χ2n) is 4.51. The Morgan fingerprint density at radius 2 is 2.15 bits per heavy atom. The molecule has 1 heterocycles. The Bertz CT molecular complexity index is 571. The first-order valence-electron chi connectivity index (χ1n) is 6.25. The van der Waals surface area contributed by atoms with Crippen LogP contribution in [0.1, 0.15) is 19.7 Å². The van der Waals surface area contributed by atoms with Crippen LogP contribution in [0.25, 0.3) is 0 Å². The molecule has 0 aliphatic heterocycles. The zero-order valence-corrected chi connectivity index (χ0v) is 12.4. The molecule has 1 aromatic carbocycles. The number of ether oxygens (including phenoxy) is 1. The van der Waals surface area contributed by atoms with Gasteiger partial charge < -0.3 is 19.8 Å². The Morgan fingerprint density at radius 3 is 2.80 bits per heavy atom. The van der Waals surface area contributed by atoms with Crippen molar-refractivity contribution in [1.29, 1.82) is 0 Å². The quantitative estimate of drug-likeness (QED) is 0.854. The van der Waals surface area contributed by atoms with Crippen LogP contribution in [0.2, 0.25) is 5.02 Å². The van der Waals surface area contributed by atoms with E-state index < -0.39 is 0 Å². The molecule has 0 fully saturated rings. The van der Waals surface area contributed by atoms with Crippen LogP contribution in [-0.4, -0.2) is 23.3 Å². The summed E-state index contributed by atoms with van der Waals surface area (Å²) in [5, 5.41) is 14.6. The third kappa shape index (κ3) is 3.85. The maximum atomic E-state index is 6.04. The van der Waals surface area contributed by atoms with E-state index in [0.717, 1.165) is 5.69 Å². The molecular weight excluding hydrogens is 280 g/mol. The monoisotopic (exact) mass is 296 g/mol. The molecular formula is C13H17ClN4O2. The molecule has 7 heteroatoms. The Morgan fingerprint density at radius 1 is 1.35 bits per heavy atom. The molecule has 0 saturated carbocycles. The van der Waals surface area contributed by atoms with Gasteiger partial charge in [0, 0.05) is 11.7 Å². The zero-order valence-electron chi connectivity index (χ0n) is 11.6. The van der Waals surface area contributed by atoms with Gasteiger partial charge >= 0.3 is 6.01 Å². The van der Waals surface area contributed by atoms with Gasteiger partial charge in [0.15, 0.2) is 0 Å². The predicted octanol–water partition coefficient (Wildman–Crippen LogP) is 2.97. The zero-order chi connectivity index (χ0) is 14.5. The minimum absolute atomic E-state index is 0.326. The van der Waals surface area contributed by atoms with Gasteiger partial charge in [0.2, 0.25) is 5.89 Å². The molecule has 0 unspecified atom stereocenters. The molecule has 0 spiro atoms. The molecule has 0 bridgehead atoms. The van der Waals surface area contributed by atoms with Crippen molar-refractivity contribution < 1.29 is 9.15 Å². The summed E-state index contributed by atoms with van der Waals surface area (Å²) in [6, 6.07) is 6.00. The molecule has 0 aliphatic rings. The van der Waals surface area contributed by atoms with Crippen molar-refractivity contribution in [3.05, 3.63) is 29.1 Å². The number of methoxy groups -OCH3 is 1. The molecule has 0 radical (unpaired) electrons. The fraction of sp³-hybridized carbons (Fsp3) is 0.385. The lowest BCUT2D eigenvalue weighted by molar-refractivity contribution is 0.415. The van der Waals surface area contributed by atoms with Crippen LogP contribution >= 0.6 is 11.6 Å². The number of anilines is 2. The van der Waals surface area contributed by atoms with Crippen molar-refractivity contribution in [3.8, 4) is 5.75 Å². The minimum Gasteiger partial charge on any atom is -0.495 e. The average Bonchev–Trinajstić information content (AvgIpc) is 2.84. The average molecular weight is 297 g/mol. The molecule has 2 aromatic rings. The first kappa shape index (κ1) is 14.6. The van der Waals surface area contributed by atoms with Crippen LogP contribution in [0.4, 0.5) is 11.7 Å². The van der Waals surface area contributed by atoms with E-state index in [2.05, 4.69) is 34.7 Å². The first-order chi connectivity index (χ1) is 9.58. The summed E-state index contributed by atoms with van der Waals surface area (Å²) in [6.45, 7) is 4.64. The lowest BCUT2D eigenvalue weighted by atomic mass is 10.3. The Labute approximate surface area is 122 Å².